The van der Waals surface area contributed by atoms with Gasteiger partial charge >= 0.3 is 0 Å². The van der Waals surface area contributed by atoms with E-state index in [2.05, 4.69) is 25.6 Å². The fourth-order valence-electron chi connectivity index (χ4n) is 2.36. The normalized spacial score (nSPS) is 14.3. The lowest BCUT2D eigenvalue weighted by Crippen LogP contribution is -2.36. The second kappa shape index (κ2) is 8.69. The first kappa shape index (κ1) is 18.2. The van der Waals surface area contributed by atoms with Crippen molar-refractivity contribution in [3.05, 3.63) is 41.2 Å². The Morgan fingerprint density at radius 3 is 2.77 bits per heavy atom. The maximum absolute atomic E-state index is 5.66. The van der Waals surface area contributed by atoms with Gasteiger partial charge in [0.25, 0.3) is 0 Å². The molecule has 1 aliphatic rings. The van der Waals surface area contributed by atoms with E-state index < -0.39 is 0 Å². The Labute approximate surface area is 154 Å². The van der Waals surface area contributed by atoms with Crippen molar-refractivity contribution in [2.45, 2.75) is 46.7 Å². The highest BCUT2D eigenvalue weighted by molar-refractivity contribution is 5.79. The Bertz CT molecular complexity index is 715. The molecule has 0 amide bonds. The number of oxazole rings is 1. The summed E-state index contributed by atoms with van der Waals surface area (Å²) in [6.45, 7) is 8.47. The number of ether oxygens (including phenoxy) is 1. The minimum absolute atomic E-state index is 0.493. The van der Waals surface area contributed by atoms with Crippen LogP contribution in [0.3, 0.4) is 0 Å². The van der Waals surface area contributed by atoms with Crippen LogP contribution in [0.2, 0.25) is 0 Å². The molecule has 1 fully saturated rings. The Morgan fingerprint density at radius 1 is 1.31 bits per heavy atom. The molecule has 2 N–H and O–H groups in total. The predicted octanol–water partition coefficient (Wildman–Crippen LogP) is 2.73. The van der Waals surface area contributed by atoms with Crippen LogP contribution in [0.1, 0.15) is 42.7 Å². The molecule has 26 heavy (non-hydrogen) atoms. The number of nitrogens with zero attached hydrogens (tertiary/aromatic N) is 3. The fourth-order valence-corrected chi connectivity index (χ4v) is 2.36. The quantitative estimate of drug-likeness (QED) is 0.558. The van der Waals surface area contributed by atoms with Gasteiger partial charge in [-0.25, -0.2) is 15.0 Å². The van der Waals surface area contributed by atoms with E-state index in [0.717, 1.165) is 42.0 Å². The average molecular weight is 357 g/mol. The van der Waals surface area contributed by atoms with Gasteiger partial charge in [0, 0.05) is 18.8 Å². The van der Waals surface area contributed by atoms with Crippen molar-refractivity contribution in [1.82, 2.24) is 20.6 Å². The first-order valence-electron chi connectivity index (χ1n) is 9.17. The number of hydrogen-bond acceptors (Lipinski definition) is 5. The number of guanidine groups is 1. The highest BCUT2D eigenvalue weighted by Gasteiger charge is 2.22. The van der Waals surface area contributed by atoms with Gasteiger partial charge in [-0.05, 0) is 45.1 Å². The molecule has 0 aromatic carbocycles. The van der Waals surface area contributed by atoms with Gasteiger partial charge in [0.2, 0.25) is 11.8 Å². The lowest BCUT2D eigenvalue weighted by atomic mass is 10.3. The monoisotopic (exact) mass is 357 g/mol. The number of hydrogen-bond donors (Lipinski definition) is 2. The summed E-state index contributed by atoms with van der Waals surface area (Å²) in [7, 11) is 0. The van der Waals surface area contributed by atoms with E-state index in [1.807, 2.05) is 39.1 Å². The molecular weight excluding hydrogens is 330 g/mol. The first-order chi connectivity index (χ1) is 12.6. The molecule has 2 aromatic heterocycles. The van der Waals surface area contributed by atoms with Crippen molar-refractivity contribution in [3.8, 4) is 5.88 Å². The summed E-state index contributed by atoms with van der Waals surface area (Å²) >= 11 is 0. The molecule has 0 saturated heterocycles. The molecule has 0 spiro atoms. The van der Waals surface area contributed by atoms with E-state index in [-0.39, 0.29) is 0 Å². The number of nitrogens with one attached hydrogen (secondary N) is 2. The summed E-state index contributed by atoms with van der Waals surface area (Å²) in [5.74, 6) is 3.63. The molecular formula is C19H27N5O2. The van der Waals surface area contributed by atoms with E-state index in [9.17, 15) is 0 Å². The van der Waals surface area contributed by atoms with Crippen LogP contribution in [0.25, 0.3) is 0 Å². The van der Waals surface area contributed by atoms with Crippen LogP contribution in [0.5, 0.6) is 5.88 Å². The molecule has 0 radical (unpaired) electrons. The molecule has 2 aromatic rings. The van der Waals surface area contributed by atoms with Gasteiger partial charge in [-0.1, -0.05) is 6.07 Å². The Kier molecular flexibility index (Phi) is 6.09. The third-order valence-corrected chi connectivity index (χ3v) is 4.21. The lowest BCUT2D eigenvalue weighted by molar-refractivity contribution is 0.288. The van der Waals surface area contributed by atoms with Crippen molar-refractivity contribution in [2.75, 3.05) is 13.2 Å². The van der Waals surface area contributed by atoms with E-state index in [4.69, 9.17) is 9.15 Å². The van der Waals surface area contributed by atoms with Crippen LogP contribution in [-0.2, 0) is 13.1 Å². The molecule has 1 saturated carbocycles. The molecule has 140 valence electrons. The molecule has 0 aliphatic heterocycles. The van der Waals surface area contributed by atoms with Gasteiger partial charge in [0.1, 0.15) is 5.76 Å². The van der Waals surface area contributed by atoms with Crippen LogP contribution < -0.4 is 15.4 Å². The lowest BCUT2D eigenvalue weighted by Gasteiger charge is -2.10. The molecule has 3 rings (SSSR count). The smallest absolute Gasteiger partial charge is 0.214 e. The highest BCUT2D eigenvalue weighted by Crippen LogP contribution is 2.29. The van der Waals surface area contributed by atoms with E-state index in [0.29, 0.717) is 24.9 Å². The van der Waals surface area contributed by atoms with Crippen molar-refractivity contribution in [2.24, 2.45) is 10.9 Å². The average Bonchev–Trinajstić information content (AvgIpc) is 3.41. The maximum atomic E-state index is 5.66. The van der Waals surface area contributed by atoms with Crippen molar-refractivity contribution >= 4 is 5.96 Å². The molecule has 1 aliphatic carbocycles. The second-order valence-electron chi connectivity index (χ2n) is 6.56. The summed E-state index contributed by atoms with van der Waals surface area (Å²) in [4.78, 5) is 13.3. The molecule has 0 unspecified atom stereocenters. The first-order valence-corrected chi connectivity index (χ1v) is 9.17. The molecule has 0 atom stereocenters. The van der Waals surface area contributed by atoms with Gasteiger partial charge in [-0.3, -0.25) is 0 Å². The topological polar surface area (TPSA) is 84.6 Å². The molecule has 7 nitrogen and oxygen atoms in total. The van der Waals surface area contributed by atoms with Gasteiger partial charge in [0.05, 0.1) is 25.4 Å². The van der Waals surface area contributed by atoms with E-state index in [1.165, 1.54) is 12.8 Å². The zero-order valence-corrected chi connectivity index (χ0v) is 15.7. The van der Waals surface area contributed by atoms with Gasteiger partial charge < -0.3 is 19.8 Å². The van der Waals surface area contributed by atoms with Crippen LogP contribution in [0, 0.1) is 19.8 Å². The standard InChI is InChI=1S/C19H27N5O2/c1-4-20-19(23-11-18-24-13(2)14(3)26-18)22-10-16-7-8-17(21-9-16)25-12-15-5-6-15/h7-9,15H,4-6,10-12H2,1-3H3,(H2,20,22,23). The Morgan fingerprint density at radius 2 is 2.15 bits per heavy atom. The zero-order chi connectivity index (χ0) is 18.4. The van der Waals surface area contributed by atoms with Crippen LogP contribution >= 0.6 is 0 Å². The summed E-state index contributed by atoms with van der Waals surface area (Å²) in [6, 6.07) is 3.91. The van der Waals surface area contributed by atoms with Gasteiger partial charge in [-0.15, -0.1) is 0 Å². The third kappa shape index (κ3) is 5.47. The van der Waals surface area contributed by atoms with Crippen molar-refractivity contribution in [1.29, 1.82) is 0 Å². The predicted molar refractivity (Wildman–Crippen MR) is 100 cm³/mol. The number of rotatable bonds is 8. The maximum Gasteiger partial charge on any atom is 0.214 e. The van der Waals surface area contributed by atoms with Crippen molar-refractivity contribution in [3.63, 3.8) is 0 Å². The summed E-state index contributed by atoms with van der Waals surface area (Å²) in [6.07, 6.45) is 4.37. The Balaban J connectivity index is 1.52. The Hall–Kier alpha value is -2.57. The van der Waals surface area contributed by atoms with Crippen LogP contribution in [-0.4, -0.2) is 29.1 Å². The number of aryl methyl sites for hydroxylation is 2. The minimum atomic E-state index is 0.493. The summed E-state index contributed by atoms with van der Waals surface area (Å²) < 4.78 is 11.2. The summed E-state index contributed by atoms with van der Waals surface area (Å²) in [5.41, 5.74) is 1.95. The largest absolute Gasteiger partial charge is 0.477 e. The SMILES string of the molecule is CCNC(=NCc1ccc(OCC2CC2)nc1)NCc1nc(C)c(C)o1. The summed E-state index contributed by atoms with van der Waals surface area (Å²) in [5, 5.41) is 6.46. The number of aliphatic imine (C=N–C) groups is 1. The van der Waals surface area contributed by atoms with E-state index >= 15 is 0 Å². The third-order valence-electron chi connectivity index (χ3n) is 4.21. The number of pyridine rings is 1. The fraction of sp³-hybridized carbons (Fsp3) is 0.526. The van der Waals surface area contributed by atoms with Crippen molar-refractivity contribution < 1.29 is 9.15 Å². The minimum Gasteiger partial charge on any atom is -0.477 e. The number of aromatic nitrogens is 2. The van der Waals surface area contributed by atoms with Gasteiger partial charge in [-0.2, -0.15) is 0 Å². The zero-order valence-electron chi connectivity index (χ0n) is 15.7. The highest BCUT2D eigenvalue weighted by atomic mass is 16.5. The molecule has 2 heterocycles. The van der Waals surface area contributed by atoms with E-state index in [1.54, 1.807) is 0 Å². The second-order valence-corrected chi connectivity index (χ2v) is 6.56. The van der Waals surface area contributed by atoms with Gasteiger partial charge in [0.15, 0.2) is 5.96 Å². The van der Waals surface area contributed by atoms with Crippen LogP contribution in [0.15, 0.2) is 27.7 Å². The molecule has 0 bridgehead atoms. The molecule has 7 heteroatoms. The van der Waals surface area contributed by atoms with Crippen LogP contribution in [0.4, 0.5) is 0 Å².